The van der Waals surface area contributed by atoms with E-state index in [4.69, 9.17) is 14.2 Å². The van der Waals surface area contributed by atoms with Crippen molar-refractivity contribution < 1.29 is 14.2 Å². The van der Waals surface area contributed by atoms with E-state index >= 15 is 0 Å². The van der Waals surface area contributed by atoms with Gasteiger partial charge in [-0.1, -0.05) is 30.3 Å². The van der Waals surface area contributed by atoms with Gasteiger partial charge < -0.3 is 14.2 Å². The molecule has 0 radical (unpaired) electrons. The van der Waals surface area contributed by atoms with Crippen molar-refractivity contribution in [1.29, 1.82) is 0 Å². The van der Waals surface area contributed by atoms with Gasteiger partial charge in [0, 0.05) is 6.42 Å². The third kappa shape index (κ3) is 4.46. The third-order valence-electron chi connectivity index (χ3n) is 2.86. The zero-order valence-electron chi connectivity index (χ0n) is 10.3. The van der Waals surface area contributed by atoms with Crippen LogP contribution in [0.1, 0.15) is 18.9 Å². The van der Waals surface area contributed by atoms with Crippen LogP contribution in [0.3, 0.4) is 0 Å². The molecule has 0 amide bonds. The van der Waals surface area contributed by atoms with Crippen LogP contribution in [0.25, 0.3) is 0 Å². The molecule has 1 aromatic carbocycles. The van der Waals surface area contributed by atoms with Crippen molar-refractivity contribution in [2.45, 2.75) is 32.2 Å². The van der Waals surface area contributed by atoms with Gasteiger partial charge in [0.2, 0.25) is 0 Å². The second-order valence-corrected chi connectivity index (χ2v) is 4.41. The van der Waals surface area contributed by atoms with Gasteiger partial charge in [0.05, 0.1) is 38.6 Å². The second-order valence-electron chi connectivity index (χ2n) is 4.41. The van der Waals surface area contributed by atoms with Crippen LogP contribution < -0.4 is 0 Å². The monoisotopic (exact) mass is 236 g/mol. The molecule has 0 bridgehead atoms. The van der Waals surface area contributed by atoms with Crippen molar-refractivity contribution >= 4 is 0 Å². The number of hydrogen-bond donors (Lipinski definition) is 0. The topological polar surface area (TPSA) is 27.7 Å². The molecule has 0 aliphatic carbocycles. The average molecular weight is 236 g/mol. The van der Waals surface area contributed by atoms with E-state index in [1.807, 2.05) is 18.2 Å². The van der Waals surface area contributed by atoms with Crippen molar-refractivity contribution in [2.75, 3.05) is 19.8 Å². The summed E-state index contributed by atoms with van der Waals surface area (Å²) in [5.74, 6) is 0. The minimum Gasteiger partial charge on any atom is -0.376 e. The Kier molecular flexibility index (Phi) is 4.98. The summed E-state index contributed by atoms with van der Waals surface area (Å²) in [5.41, 5.74) is 1.21. The molecule has 1 unspecified atom stereocenters. The highest BCUT2D eigenvalue weighted by Gasteiger charge is 2.17. The Balaban J connectivity index is 1.68. The molecule has 1 heterocycles. The van der Waals surface area contributed by atoms with Crippen LogP contribution in [0.5, 0.6) is 0 Å². The first kappa shape index (κ1) is 12.6. The smallest absolute Gasteiger partial charge is 0.0834 e. The summed E-state index contributed by atoms with van der Waals surface area (Å²) in [6, 6.07) is 10.2. The number of rotatable bonds is 5. The minimum atomic E-state index is 0.189. The van der Waals surface area contributed by atoms with Gasteiger partial charge in [-0.15, -0.1) is 0 Å². The van der Waals surface area contributed by atoms with Crippen LogP contribution >= 0.6 is 0 Å². The Hall–Kier alpha value is -0.900. The largest absolute Gasteiger partial charge is 0.376 e. The number of hydrogen-bond acceptors (Lipinski definition) is 3. The van der Waals surface area contributed by atoms with Gasteiger partial charge in [0.15, 0.2) is 0 Å². The molecule has 2 atom stereocenters. The molecular weight excluding hydrogens is 216 g/mol. The van der Waals surface area contributed by atoms with Crippen LogP contribution in [-0.2, 0) is 20.8 Å². The zero-order valence-corrected chi connectivity index (χ0v) is 10.3. The van der Waals surface area contributed by atoms with E-state index in [0.29, 0.717) is 19.8 Å². The van der Waals surface area contributed by atoms with Crippen molar-refractivity contribution in [3.63, 3.8) is 0 Å². The summed E-state index contributed by atoms with van der Waals surface area (Å²) in [7, 11) is 0. The lowest BCUT2D eigenvalue weighted by Gasteiger charge is -2.25. The number of benzene rings is 1. The van der Waals surface area contributed by atoms with Crippen LogP contribution in [0.2, 0.25) is 0 Å². The van der Waals surface area contributed by atoms with E-state index < -0.39 is 0 Å². The fraction of sp³-hybridized carbons (Fsp3) is 0.571. The fourth-order valence-electron chi connectivity index (χ4n) is 1.92. The zero-order chi connectivity index (χ0) is 11.9. The Morgan fingerprint density at radius 2 is 2.12 bits per heavy atom. The Labute approximate surface area is 103 Å². The van der Waals surface area contributed by atoms with Crippen LogP contribution in [-0.4, -0.2) is 32.0 Å². The molecule has 1 aromatic rings. The molecule has 94 valence electrons. The van der Waals surface area contributed by atoms with E-state index in [1.165, 1.54) is 5.56 Å². The van der Waals surface area contributed by atoms with E-state index in [9.17, 15) is 0 Å². The summed E-state index contributed by atoms with van der Waals surface area (Å²) in [6.07, 6.45) is 1.28. The maximum atomic E-state index is 5.80. The highest BCUT2D eigenvalue weighted by molar-refractivity contribution is 5.13. The van der Waals surface area contributed by atoms with Gasteiger partial charge in [-0.3, -0.25) is 0 Å². The van der Waals surface area contributed by atoms with Crippen molar-refractivity contribution in [2.24, 2.45) is 0 Å². The van der Waals surface area contributed by atoms with Crippen LogP contribution in [0.4, 0.5) is 0 Å². The SMILES string of the molecule is C[C@H](CC1COCCO1)OCc1ccccc1. The first-order valence-corrected chi connectivity index (χ1v) is 6.19. The van der Waals surface area contributed by atoms with E-state index in [-0.39, 0.29) is 12.2 Å². The maximum absolute atomic E-state index is 5.80. The molecule has 1 fully saturated rings. The fourth-order valence-corrected chi connectivity index (χ4v) is 1.92. The lowest BCUT2D eigenvalue weighted by atomic mass is 10.1. The molecular formula is C14H20O3. The van der Waals surface area contributed by atoms with Crippen molar-refractivity contribution in [3.8, 4) is 0 Å². The molecule has 2 rings (SSSR count). The van der Waals surface area contributed by atoms with Gasteiger partial charge in [-0.2, -0.15) is 0 Å². The average Bonchev–Trinajstić information content (AvgIpc) is 2.39. The Morgan fingerprint density at radius 3 is 2.82 bits per heavy atom. The van der Waals surface area contributed by atoms with Gasteiger partial charge in [-0.25, -0.2) is 0 Å². The normalized spacial score (nSPS) is 22.3. The van der Waals surface area contributed by atoms with Gasteiger partial charge >= 0.3 is 0 Å². The molecule has 3 heteroatoms. The van der Waals surface area contributed by atoms with Gasteiger partial charge in [0.25, 0.3) is 0 Å². The van der Waals surface area contributed by atoms with Crippen LogP contribution in [0, 0.1) is 0 Å². The highest BCUT2D eigenvalue weighted by atomic mass is 16.6. The lowest BCUT2D eigenvalue weighted by Crippen LogP contribution is -2.31. The molecule has 1 aliphatic heterocycles. The summed E-state index contributed by atoms with van der Waals surface area (Å²) >= 11 is 0. The molecule has 0 saturated carbocycles. The predicted octanol–water partition coefficient (Wildman–Crippen LogP) is 2.40. The van der Waals surface area contributed by atoms with Gasteiger partial charge in [0.1, 0.15) is 0 Å². The van der Waals surface area contributed by atoms with Crippen LogP contribution in [0.15, 0.2) is 30.3 Å². The first-order valence-electron chi connectivity index (χ1n) is 6.19. The van der Waals surface area contributed by atoms with E-state index in [0.717, 1.165) is 13.0 Å². The summed E-state index contributed by atoms with van der Waals surface area (Å²) in [4.78, 5) is 0. The molecule has 0 spiro atoms. The first-order chi connectivity index (χ1) is 8.34. The third-order valence-corrected chi connectivity index (χ3v) is 2.86. The standard InChI is InChI=1S/C14H20O3/c1-12(9-14-11-15-7-8-16-14)17-10-13-5-3-2-4-6-13/h2-6,12,14H,7-11H2,1H3/t12-,14?/m1/s1. The second kappa shape index (κ2) is 6.74. The van der Waals surface area contributed by atoms with Gasteiger partial charge in [-0.05, 0) is 12.5 Å². The molecule has 1 saturated heterocycles. The van der Waals surface area contributed by atoms with Crippen molar-refractivity contribution in [3.05, 3.63) is 35.9 Å². The Morgan fingerprint density at radius 1 is 1.29 bits per heavy atom. The predicted molar refractivity (Wildman–Crippen MR) is 65.9 cm³/mol. The summed E-state index contributed by atoms with van der Waals surface area (Å²) in [5, 5.41) is 0. The van der Waals surface area contributed by atoms with E-state index in [1.54, 1.807) is 0 Å². The van der Waals surface area contributed by atoms with E-state index in [2.05, 4.69) is 19.1 Å². The summed E-state index contributed by atoms with van der Waals surface area (Å²) < 4.78 is 16.8. The maximum Gasteiger partial charge on any atom is 0.0834 e. The number of ether oxygens (including phenoxy) is 3. The lowest BCUT2D eigenvalue weighted by molar-refractivity contribution is -0.107. The Bertz CT molecular complexity index is 307. The van der Waals surface area contributed by atoms with Crippen molar-refractivity contribution in [1.82, 2.24) is 0 Å². The highest BCUT2D eigenvalue weighted by Crippen LogP contribution is 2.12. The molecule has 1 aliphatic rings. The summed E-state index contributed by atoms with van der Waals surface area (Å²) in [6.45, 7) is 4.86. The molecule has 0 aromatic heterocycles. The quantitative estimate of drug-likeness (QED) is 0.785. The molecule has 0 N–H and O–H groups in total. The molecule has 3 nitrogen and oxygen atoms in total. The minimum absolute atomic E-state index is 0.189. The molecule has 17 heavy (non-hydrogen) atoms.